The Balaban J connectivity index is 1.53. The number of halogens is 1. The number of hydrogen-bond donors (Lipinski definition) is 1. The second-order valence-corrected chi connectivity index (χ2v) is 9.73. The van der Waals surface area contributed by atoms with E-state index in [4.69, 9.17) is 0 Å². The molecule has 0 fully saturated rings. The molecule has 7 nitrogen and oxygen atoms in total. The van der Waals surface area contributed by atoms with Gasteiger partial charge in [-0.05, 0) is 48.9 Å². The van der Waals surface area contributed by atoms with Gasteiger partial charge in [-0.3, -0.25) is 19.3 Å². The first-order valence-corrected chi connectivity index (χ1v) is 11.5. The number of amides is 3. The van der Waals surface area contributed by atoms with Gasteiger partial charge >= 0.3 is 0 Å². The van der Waals surface area contributed by atoms with Crippen molar-refractivity contribution in [1.82, 2.24) is 4.90 Å². The van der Waals surface area contributed by atoms with Crippen molar-refractivity contribution in [3.63, 3.8) is 0 Å². The number of nitrogens with zero attached hydrogens (tertiary/aromatic N) is 1. The molecule has 0 atom stereocenters. The van der Waals surface area contributed by atoms with Gasteiger partial charge in [0.15, 0.2) is 9.84 Å². The van der Waals surface area contributed by atoms with Crippen molar-refractivity contribution in [1.29, 1.82) is 0 Å². The molecular formula is C20H19BrN2O5S. The van der Waals surface area contributed by atoms with Gasteiger partial charge in [0.1, 0.15) is 0 Å². The molecule has 2 aromatic carbocycles. The molecule has 1 heterocycles. The van der Waals surface area contributed by atoms with Crippen LogP contribution in [0.4, 0.5) is 5.69 Å². The first kappa shape index (κ1) is 21.2. The Morgan fingerprint density at radius 2 is 1.69 bits per heavy atom. The third kappa shape index (κ3) is 4.56. The highest BCUT2D eigenvalue weighted by atomic mass is 79.9. The van der Waals surface area contributed by atoms with Gasteiger partial charge in [0.2, 0.25) is 5.91 Å². The third-order valence-corrected chi connectivity index (χ3v) is 6.84. The molecule has 0 bridgehead atoms. The summed E-state index contributed by atoms with van der Waals surface area (Å²) in [6.45, 7) is 1.71. The van der Waals surface area contributed by atoms with Crippen LogP contribution in [0, 0.1) is 0 Å². The predicted octanol–water partition coefficient (Wildman–Crippen LogP) is 3.26. The molecule has 0 aromatic heterocycles. The van der Waals surface area contributed by atoms with Crippen LogP contribution in [0.5, 0.6) is 0 Å². The molecule has 1 aliphatic heterocycles. The molecule has 3 rings (SSSR count). The lowest BCUT2D eigenvalue weighted by Gasteiger charge is -2.13. The number of rotatable bonds is 7. The summed E-state index contributed by atoms with van der Waals surface area (Å²) in [7, 11) is -3.29. The summed E-state index contributed by atoms with van der Waals surface area (Å²) in [6.07, 6.45) is 0.437. The van der Waals surface area contributed by atoms with E-state index in [9.17, 15) is 22.8 Å². The average molecular weight is 479 g/mol. The van der Waals surface area contributed by atoms with Crippen molar-refractivity contribution in [2.75, 3.05) is 17.6 Å². The molecule has 0 saturated carbocycles. The lowest BCUT2D eigenvalue weighted by atomic mass is 10.1. The van der Waals surface area contributed by atoms with Crippen LogP contribution in [0.3, 0.4) is 0 Å². The number of hydrogen-bond acceptors (Lipinski definition) is 5. The van der Waals surface area contributed by atoms with Crippen LogP contribution >= 0.6 is 15.9 Å². The molecule has 0 aliphatic carbocycles. The van der Waals surface area contributed by atoms with Crippen molar-refractivity contribution in [2.45, 2.75) is 24.7 Å². The Bertz CT molecular complexity index is 1080. The fourth-order valence-corrected chi connectivity index (χ4v) is 4.24. The van der Waals surface area contributed by atoms with Gasteiger partial charge in [0.25, 0.3) is 11.8 Å². The minimum Gasteiger partial charge on any atom is -0.326 e. The van der Waals surface area contributed by atoms with Crippen molar-refractivity contribution in [2.24, 2.45) is 0 Å². The van der Waals surface area contributed by atoms with E-state index in [-0.39, 0.29) is 41.3 Å². The normalized spacial score (nSPS) is 13.5. The maximum Gasteiger partial charge on any atom is 0.261 e. The van der Waals surface area contributed by atoms with Crippen LogP contribution < -0.4 is 5.32 Å². The van der Waals surface area contributed by atoms with Gasteiger partial charge in [0.05, 0.1) is 21.8 Å². The standard InChI is InChI=1S/C20H19BrN2O5S/c1-2-29(27,28)15-8-6-14(7-9-15)22-18(24)4-3-11-23-19(25)16-10-5-13(21)12-17(16)20(23)26/h5-10,12H,2-4,11H2,1H3,(H,22,24). The number of sulfone groups is 1. The van der Waals surface area contributed by atoms with Crippen molar-refractivity contribution in [3.05, 3.63) is 58.1 Å². The third-order valence-electron chi connectivity index (χ3n) is 4.60. The SMILES string of the molecule is CCS(=O)(=O)c1ccc(NC(=O)CCCN2C(=O)c3ccc(Br)cc3C2=O)cc1. The summed E-state index contributed by atoms with van der Waals surface area (Å²) in [5, 5.41) is 2.68. The van der Waals surface area contributed by atoms with E-state index in [2.05, 4.69) is 21.2 Å². The van der Waals surface area contributed by atoms with E-state index >= 15 is 0 Å². The van der Waals surface area contributed by atoms with E-state index in [0.29, 0.717) is 23.2 Å². The summed E-state index contributed by atoms with van der Waals surface area (Å²) in [6, 6.07) is 10.9. The van der Waals surface area contributed by atoms with Gasteiger partial charge in [-0.1, -0.05) is 22.9 Å². The fourth-order valence-electron chi connectivity index (χ4n) is 3.00. The Hall–Kier alpha value is -2.52. The summed E-state index contributed by atoms with van der Waals surface area (Å²) in [5.41, 5.74) is 1.20. The quantitative estimate of drug-likeness (QED) is 0.615. The van der Waals surface area contributed by atoms with E-state index in [1.807, 2.05) is 0 Å². The molecule has 0 unspecified atom stereocenters. The second kappa shape index (κ2) is 8.46. The van der Waals surface area contributed by atoms with Crippen molar-refractivity contribution in [3.8, 4) is 0 Å². The molecule has 2 aromatic rings. The van der Waals surface area contributed by atoms with Crippen LogP contribution in [0.2, 0.25) is 0 Å². The molecule has 9 heteroatoms. The number of carbonyl (C=O) groups excluding carboxylic acids is 3. The van der Waals surface area contributed by atoms with Crippen molar-refractivity contribution >= 4 is 49.2 Å². The smallest absolute Gasteiger partial charge is 0.261 e. The highest BCUT2D eigenvalue weighted by Gasteiger charge is 2.35. The number of imide groups is 1. The zero-order valence-electron chi connectivity index (χ0n) is 15.6. The monoisotopic (exact) mass is 478 g/mol. The van der Waals surface area contributed by atoms with Gasteiger partial charge in [0, 0.05) is 23.1 Å². The number of fused-ring (bicyclic) bond motifs is 1. The summed E-state index contributed by atoms with van der Waals surface area (Å²) in [4.78, 5) is 38.2. The summed E-state index contributed by atoms with van der Waals surface area (Å²) >= 11 is 3.29. The minimum atomic E-state index is -3.29. The van der Waals surface area contributed by atoms with Crippen LogP contribution in [0.25, 0.3) is 0 Å². The van der Waals surface area contributed by atoms with E-state index in [1.165, 1.54) is 24.3 Å². The molecule has 1 N–H and O–H groups in total. The lowest BCUT2D eigenvalue weighted by molar-refractivity contribution is -0.116. The number of anilines is 1. The predicted molar refractivity (Wildman–Crippen MR) is 112 cm³/mol. The van der Waals surface area contributed by atoms with E-state index < -0.39 is 9.84 Å². The molecule has 29 heavy (non-hydrogen) atoms. The topological polar surface area (TPSA) is 101 Å². The van der Waals surface area contributed by atoms with Gasteiger partial charge in [-0.25, -0.2) is 8.42 Å². The maximum absolute atomic E-state index is 12.4. The lowest BCUT2D eigenvalue weighted by Crippen LogP contribution is -2.31. The number of nitrogens with one attached hydrogen (secondary N) is 1. The van der Waals surface area contributed by atoms with Gasteiger partial charge in [-0.15, -0.1) is 0 Å². The molecule has 0 spiro atoms. The number of carbonyl (C=O) groups is 3. The van der Waals surface area contributed by atoms with Gasteiger partial charge < -0.3 is 5.32 Å². The molecule has 1 aliphatic rings. The van der Waals surface area contributed by atoms with Gasteiger partial charge in [-0.2, -0.15) is 0 Å². The fraction of sp³-hybridized carbons (Fsp3) is 0.250. The Labute approximate surface area is 177 Å². The first-order chi connectivity index (χ1) is 13.7. The maximum atomic E-state index is 12.4. The van der Waals surface area contributed by atoms with E-state index in [0.717, 1.165) is 9.37 Å². The van der Waals surface area contributed by atoms with Crippen LogP contribution in [-0.4, -0.2) is 43.3 Å². The molecular weight excluding hydrogens is 460 g/mol. The molecule has 3 amide bonds. The Kier molecular flexibility index (Phi) is 6.18. The van der Waals surface area contributed by atoms with E-state index in [1.54, 1.807) is 25.1 Å². The average Bonchev–Trinajstić information content (AvgIpc) is 2.92. The number of benzene rings is 2. The van der Waals surface area contributed by atoms with Crippen molar-refractivity contribution < 1.29 is 22.8 Å². The van der Waals surface area contributed by atoms with Crippen LogP contribution in [-0.2, 0) is 14.6 Å². The molecule has 0 saturated heterocycles. The molecule has 152 valence electrons. The zero-order chi connectivity index (χ0) is 21.2. The highest BCUT2D eigenvalue weighted by Crippen LogP contribution is 2.26. The summed E-state index contributed by atoms with van der Waals surface area (Å²) in [5.74, 6) is -0.992. The Morgan fingerprint density at radius 1 is 1.03 bits per heavy atom. The largest absolute Gasteiger partial charge is 0.326 e. The minimum absolute atomic E-state index is 0.00741. The Morgan fingerprint density at radius 3 is 2.34 bits per heavy atom. The zero-order valence-corrected chi connectivity index (χ0v) is 18.0. The molecule has 0 radical (unpaired) electrons. The second-order valence-electron chi connectivity index (χ2n) is 6.53. The summed E-state index contributed by atoms with van der Waals surface area (Å²) < 4.78 is 24.3. The highest BCUT2D eigenvalue weighted by molar-refractivity contribution is 9.10. The van der Waals surface area contributed by atoms with Crippen LogP contribution in [0.1, 0.15) is 40.5 Å². The van der Waals surface area contributed by atoms with Crippen LogP contribution in [0.15, 0.2) is 51.8 Å². The first-order valence-electron chi connectivity index (χ1n) is 9.01.